The second kappa shape index (κ2) is 8.96. The summed E-state index contributed by atoms with van der Waals surface area (Å²) < 4.78 is 24.7. The third-order valence-corrected chi connectivity index (χ3v) is 6.13. The highest BCUT2D eigenvalue weighted by atomic mass is 32.2. The SMILES string of the molecule is O=C1S/C(=C\c2ccc(-c3ccc(F)cc3)o2)C(=O)N1CCOc1cccc2ccccc12. The molecule has 0 atom stereocenters. The van der Waals surface area contributed by atoms with Crippen molar-refractivity contribution in [3.05, 3.63) is 95.3 Å². The lowest BCUT2D eigenvalue weighted by Crippen LogP contribution is -2.32. The topological polar surface area (TPSA) is 59.8 Å². The van der Waals surface area contributed by atoms with Gasteiger partial charge in [0.05, 0.1) is 11.4 Å². The number of carbonyl (C=O) groups is 2. The summed E-state index contributed by atoms with van der Waals surface area (Å²) in [4.78, 5) is 26.6. The molecule has 1 aliphatic rings. The van der Waals surface area contributed by atoms with E-state index in [4.69, 9.17) is 9.15 Å². The highest BCUT2D eigenvalue weighted by Crippen LogP contribution is 2.33. The van der Waals surface area contributed by atoms with Gasteiger partial charge in [0, 0.05) is 17.0 Å². The number of furan rings is 1. The van der Waals surface area contributed by atoms with Gasteiger partial charge in [-0.1, -0.05) is 36.4 Å². The van der Waals surface area contributed by atoms with Crippen LogP contribution in [-0.4, -0.2) is 29.2 Å². The molecule has 4 aromatic rings. The lowest BCUT2D eigenvalue weighted by molar-refractivity contribution is -0.123. The van der Waals surface area contributed by atoms with Crippen LogP contribution in [0.1, 0.15) is 5.76 Å². The first-order valence-corrected chi connectivity index (χ1v) is 11.1. The summed E-state index contributed by atoms with van der Waals surface area (Å²) in [5.74, 6) is 0.977. The molecular formula is C26H18FNO4S. The molecule has 0 radical (unpaired) electrons. The molecule has 1 fully saturated rings. The van der Waals surface area contributed by atoms with Crippen LogP contribution < -0.4 is 4.74 Å². The fourth-order valence-corrected chi connectivity index (χ4v) is 4.44. The molecule has 5 rings (SSSR count). The van der Waals surface area contributed by atoms with Gasteiger partial charge in [-0.2, -0.15) is 0 Å². The monoisotopic (exact) mass is 459 g/mol. The first-order valence-electron chi connectivity index (χ1n) is 10.3. The van der Waals surface area contributed by atoms with Gasteiger partial charge in [0.2, 0.25) is 0 Å². The molecule has 0 spiro atoms. The minimum Gasteiger partial charge on any atom is -0.491 e. The Morgan fingerprint density at radius 2 is 1.73 bits per heavy atom. The van der Waals surface area contributed by atoms with Crippen LogP contribution in [0.5, 0.6) is 5.75 Å². The number of benzene rings is 3. The Morgan fingerprint density at radius 3 is 2.58 bits per heavy atom. The number of thioether (sulfide) groups is 1. The van der Waals surface area contributed by atoms with Crippen molar-refractivity contribution in [3.63, 3.8) is 0 Å². The van der Waals surface area contributed by atoms with Gasteiger partial charge in [0.1, 0.15) is 29.7 Å². The number of rotatable bonds is 6. The van der Waals surface area contributed by atoms with Crippen LogP contribution in [-0.2, 0) is 4.79 Å². The molecule has 2 heterocycles. The number of hydrogen-bond donors (Lipinski definition) is 0. The number of fused-ring (bicyclic) bond motifs is 1. The standard InChI is InChI=1S/C26H18FNO4S/c27-19-10-8-18(9-11-19)22-13-12-20(32-22)16-24-25(29)28(26(30)33-24)14-15-31-23-7-3-5-17-4-1-2-6-21(17)23/h1-13,16H,14-15H2/b24-16-. The fourth-order valence-electron chi connectivity index (χ4n) is 3.59. The Hall–Kier alpha value is -3.84. The number of hydrogen-bond acceptors (Lipinski definition) is 5. The number of halogens is 1. The Kier molecular flexibility index (Phi) is 5.71. The molecule has 1 saturated heterocycles. The third kappa shape index (κ3) is 4.40. The Balaban J connectivity index is 1.25. The zero-order valence-electron chi connectivity index (χ0n) is 17.4. The smallest absolute Gasteiger partial charge is 0.293 e. The van der Waals surface area contributed by atoms with Gasteiger partial charge >= 0.3 is 0 Å². The molecule has 33 heavy (non-hydrogen) atoms. The largest absolute Gasteiger partial charge is 0.491 e. The minimum absolute atomic E-state index is 0.143. The number of amides is 2. The van der Waals surface area contributed by atoms with Crippen molar-refractivity contribution in [1.29, 1.82) is 0 Å². The third-order valence-electron chi connectivity index (χ3n) is 5.22. The number of carbonyl (C=O) groups excluding carboxylic acids is 2. The molecular weight excluding hydrogens is 441 g/mol. The second-order valence-corrected chi connectivity index (χ2v) is 8.36. The van der Waals surface area contributed by atoms with Gasteiger partial charge in [0.15, 0.2) is 0 Å². The normalized spacial score (nSPS) is 15.1. The maximum Gasteiger partial charge on any atom is 0.293 e. The predicted molar refractivity (Wildman–Crippen MR) is 126 cm³/mol. The van der Waals surface area contributed by atoms with Gasteiger partial charge in [-0.05, 0) is 59.6 Å². The summed E-state index contributed by atoms with van der Waals surface area (Å²) in [7, 11) is 0. The highest BCUT2D eigenvalue weighted by molar-refractivity contribution is 8.18. The first-order chi connectivity index (χ1) is 16.1. The number of nitrogens with zero attached hydrogens (tertiary/aromatic N) is 1. The van der Waals surface area contributed by atoms with Gasteiger partial charge < -0.3 is 9.15 Å². The highest BCUT2D eigenvalue weighted by Gasteiger charge is 2.35. The van der Waals surface area contributed by atoms with Crippen molar-refractivity contribution in [3.8, 4) is 17.1 Å². The summed E-state index contributed by atoms with van der Waals surface area (Å²) in [6, 6.07) is 23.0. The maximum atomic E-state index is 13.1. The lowest BCUT2D eigenvalue weighted by Gasteiger charge is -2.14. The van der Waals surface area contributed by atoms with Crippen molar-refractivity contribution in [2.45, 2.75) is 0 Å². The predicted octanol–water partition coefficient (Wildman–Crippen LogP) is 6.35. The fraction of sp³-hybridized carbons (Fsp3) is 0.0769. The van der Waals surface area contributed by atoms with Gasteiger partial charge in [0.25, 0.3) is 11.1 Å². The maximum absolute atomic E-state index is 13.1. The van der Waals surface area contributed by atoms with Crippen LogP contribution in [0, 0.1) is 5.82 Å². The molecule has 0 saturated carbocycles. The van der Waals surface area contributed by atoms with Crippen molar-refractivity contribution < 1.29 is 23.1 Å². The van der Waals surface area contributed by atoms with Crippen LogP contribution in [0.2, 0.25) is 0 Å². The zero-order chi connectivity index (χ0) is 22.8. The molecule has 0 unspecified atom stereocenters. The Morgan fingerprint density at radius 1 is 0.939 bits per heavy atom. The van der Waals surface area contributed by atoms with Crippen LogP contribution >= 0.6 is 11.8 Å². The summed E-state index contributed by atoms with van der Waals surface area (Å²) in [5.41, 5.74) is 0.717. The van der Waals surface area contributed by atoms with Crippen molar-refractivity contribution >= 4 is 39.8 Å². The zero-order valence-corrected chi connectivity index (χ0v) is 18.2. The van der Waals surface area contributed by atoms with E-state index in [-0.39, 0.29) is 35.0 Å². The molecule has 0 aliphatic carbocycles. The van der Waals surface area contributed by atoms with Gasteiger partial charge in [-0.25, -0.2) is 4.39 Å². The van der Waals surface area contributed by atoms with E-state index >= 15 is 0 Å². The van der Waals surface area contributed by atoms with Crippen molar-refractivity contribution in [2.75, 3.05) is 13.2 Å². The lowest BCUT2D eigenvalue weighted by atomic mass is 10.1. The summed E-state index contributed by atoms with van der Waals surface area (Å²) in [5, 5.41) is 1.68. The van der Waals surface area contributed by atoms with E-state index in [9.17, 15) is 14.0 Å². The average Bonchev–Trinajstić information content (AvgIpc) is 3.39. The van der Waals surface area contributed by atoms with Crippen molar-refractivity contribution in [1.82, 2.24) is 4.90 Å². The van der Waals surface area contributed by atoms with Crippen LogP contribution in [0.15, 0.2) is 88.2 Å². The number of imide groups is 1. The quantitative estimate of drug-likeness (QED) is 0.314. The molecule has 0 bridgehead atoms. The van der Waals surface area contributed by atoms with Gasteiger partial charge in [-0.3, -0.25) is 14.5 Å². The molecule has 5 nitrogen and oxygen atoms in total. The summed E-state index contributed by atoms with van der Waals surface area (Å²) in [6.07, 6.45) is 1.55. The van der Waals surface area contributed by atoms with E-state index < -0.39 is 0 Å². The Bertz CT molecular complexity index is 1370. The van der Waals surface area contributed by atoms with E-state index in [0.717, 1.165) is 28.1 Å². The summed E-state index contributed by atoms with van der Waals surface area (Å²) >= 11 is 0.866. The second-order valence-electron chi connectivity index (χ2n) is 7.37. The Labute approximate surface area is 193 Å². The molecule has 0 N–H and O–H groups in total. The molecule has 7 heteroatoms. The van der Waals surface area contributed by atoms with E-state index in [2.05, 4.69) is 0 Å². The summed E-state index contributed by atoms with van der Waals surface area (Å²) in [6.45, 7) is 0.332. The first kappa shape index (κ1) is 21.0. The number of ether oxygens (including phenoxy) is 1. The van der Waals surface area contributed by atoms with E-state index in [1.165, 1.54) is 17.0 Å². The van der Waals surface area contributed by atoms with Crippen LogP contribution in [0.3, 0.4) is 0 Å². The van der Waals surface area contributed by atoms with E-state index in [1.54, 1.807) is 30.3 Å². The van der Waals surface area contributed by atoms with E-state index in [1.807, 2.05) is 42.5 Å². The van der Waals surface area contributed by atoms with Crippen molar-refractivity contribution in [2.24, 2.45) is 0 Å². The van der Waals surface area contributed by atoms with Gasteiger partial charge in [-0.15, -0.1) is 0 Å². The van der Waals surface area contributed by atoms with Crippen LogP contribution in [0.4, 0.5) is 9.18 Å². The van der Waals surface area contributed by atoms with E-state index in [0.29, 0.717) is 17.3 Å². The molecule has 1 aliphatic heterocycles. The van der Waals surface area contributed by atoms with Crippen LogP contribution in [0.25, 0.3) is 28.2 Å². The molecule has 2 amide bonds. The molecule has 3 aromatic carbocycles. The molecule has 164 valence electrons. The average molecular weight is 459 g/mol. The minimum atomic E-state index is -0.383. The molecule has 1 aromatic heterocycles.